The van der Waals surface area contributed by atoms with Crippen LogP contribution in [-0.2, 0) is 0 Å². The number of amides is 1. The van der Waals surface area contributed by atoms with Gasteiger partial charge in [0, 0.05) is 23.6 Å². The Balaban J connectivity index is 2.25. The second-order valence-corrected chi connectivity index (χ2v) is 6.02. The zero-order valence-electron chi connectivity index (χ0n) is 11.2. The van der Waals surface area contributed by atoms with Gasteiger partial charge in [0.05, 0.1) is 11.7 Å². The van der Waals surface area contributed by atoms with E-state index in [-0.39, 0.29) is 18.1 Å². The van der Waals surface area contributed by atoms with Crippen LogP contribution in [0.4, 0.5) is 0 Å². The van der Waals surface area contributed by atoms with E-state index in [2.05, 4.69) is 15.9 Å². The van der Waals surface area contributed by atoms with Crippen LogP contribution in [0.3, 0.4) is 0 Å². The molecule has 1 atom stereocenters. The van der Waals surface area contributed by atoms with Crippen molar-refractivity contribution in [3.63, 3.8) is 0 Å². The molecule has 1 aliphatic rings. The Kier molecular flexibility index (Phi) is 4.47. The molecule has 104 valence electrons. The standard InChI is InChI=1S/C14H19BrN2O2/c1-9(2)19-13-7-10(15)3-4-12(13)14(18)17-6-5-11(16)8-17/h3-4,7,9,11H,5-6,8,16H2,1-2H3. The van der Waals surface area contributed by atoms with Crippen LogP contribution in [0.5, 0.6) is 5.75 Å². The van der Waals surface area contributed by atoms with Crippen LogP contribution in [0.25, 0.3) is 0 Å². The molecule has 2 rings (SSSR count). The molecule has 0 spiro atoms. The van der Waals surface area contributed by atoms with Gasteiger partial charge in [-0.25, -0.2) is 0 Å². The van der Waals surface area contributed by atoms with Crippen LogP contribution in [-0.4, -0.2) is 36.0 Å². The summed E-state index contributed by atoms with van der Waals surface area (Å²) in [6.07, 6.45) is 0.893. The van der Waals surface area contributed by atoms with Gasteiger partial charge in [-0.1, -0.05) is 15.9 Å². The summed E-state index contributed by atoms with van der Waals surface area (Å²) in [4.78, 5) is 14.3. The number of carbonyl (C=O) groups excluding carboxylic acids is 1. The Morgan fingerprint density at radius 1 is 1.53 bits per heavy atom. The predicted octanol–water partition coefficient (Wildman–Crippen LogP) is 2.41. The molecule has 0 saturated carbocycles. The van der Waals surface area contributed by atoms with E-state index in [9.17, 15) is 4.79 Å². The summed E-state index contributed by atoms with van der Waals surface area (Å²) < 4.78 is 6.63. The van der Waals surface area contributed by atoms with Crippen molar-refractivity contribution in [3.05, 3.63) is 28.2 Å². The van der Waals surface area contributed by atoms with E-state index in [0.717, 1.165) is 17.4 Å². The third kappa shape index (κ3) is 3.48. The molecular weight excluding hydrogens is 308 g/mol. The number of ether oxygens (including phenoxy) is 1. The number of rotatable bonds is 3. The maximum Gasteiger partial charge on any atom is 0.257 e. The summed E-state index contributed by atoms with van der Waals surface area (Å²) in [6, 6.07) is 5.59. The van der Waals surface area contributed by atoms with Gasteiger partial charge in [-0.15, -0.1) is 0 Å². The van der Waals surface area contributed by atoms with Gasteiger partial charge < -0.3 is 15.4 Å². The number of hydrogen-bond acceptors (Lipinski definition) is 3. The first kappa shape index (κ1) is 14.3. The molecule has 5 heteroatoms. The Morgan fingerprint density at radius 3 is 2.84 bits per heavy atom. The molecule has 19 heavy (non-hydrogen) atoms. The van der Waals surface area contributed by atoms with E-state index in [1.165, 1.54) is 0 Å². The number of hydrogen-bond donors (Lipinski definition) is 1. The lowest BCUT2D eigenvalue weighted by Gasteiger charge is -2.19. The van der Waals surface area contributed by atoms with E-state index in [0.29, 0.717) is 17.9 Å². The number of carbonyl (C=O) groups is 1. The van der Waals surface area contributed by atoms with Crippen LogP contribution in [0, 0.1) is 0 Å². The Morgan fingerprint density at radius 2 is 2.26 bits per heavy atom. The average Bonchev–Trinajstić information content (AvgIpc) is 2.74. The predicted molar refractivity (Wildman–Crippen MR) is 78.4 cm³/mol. The fourth-order valence-electron chi connectivity index (χ4n) is 2.17. The smallest absolute Gasteiger partial charge is 0.257 e. The first-order valence-electron chi connectivity index (χ1n) is 6.48. The van der Waals surface area contributed by atoms with E-state index in [4.69, 9.17) is 10.5 Å². The molecular formula is C14H19BrN2O2. The van der Waals surface area contributed by atoms with Gasteiger partial charge in [0.1, 0.15) is 5.75 Å². The fourth-order valence-corrected chi connectivity index (χ4v) is 2.51. The summed E-state index contributed by atoms with van der Waals surface area (Å²) >= 11 is 3.40. The minimum Gasteiger partial charge on any atom is -0.490 e. The van der Waals surface area contributed by atoms with Crippen LogP contribution in [0.1, 0.15) is 30.6 Å². The van der Waals surface area contributed by atoms with Crippen molar-refractivity contribution in [1.82, 2.24) is 4.90 Å². The van der Waals surface area contributed by atoms with Crippen molar-refractivity contribution in [1.29, 1.82) is 0 Å². The summed E-state index contributed by atoms with van der Waals surface area (Å²) in [5.74, 6) is 0.617. The first-order valence-corrected chi connectivity index (χ1v) is 7.27. The van der Waals surface area contributed by atoms with Gasteiger partial charge in [-0.05, 0) is 38.5 Å². The summed E-state index contributed by atoms with van der Waals surface area (Å²) in [7, 11) is 0. The van der Waals surface area contributed by atoms with E-state index < -0.39 is 0 Å². The van der Waals surface area contributed by atoms with Gasteiger partial charge in [-0.3, -0.25) is 4.79 Å². The number of benzene rings is 1. The normalized spacial score (nSPS) is 19.0. The number of nitrogens with zero attached hydrogens (tertiary/aromatic N) is 1. The lowest BCUT2D eigenvalue weighted by molar-refractivity contribution is 0.0784. The molecule has 0 bridgehead atoms. The molecule has 1 saturated heterocycles. The van der Waals surface area contributed by atoms with Crippen molar-refractivity contribution in [2.75, 3.05) is 13.1 Å². The zero-order valence-corrected chi connectivity index (χ0v) is 12.8. The lowest BCUT2D eigenvalue weighted by atomic mass is 10.1. The van der Waals surface area contributed by atoms with E-state index in [1.807, 2.05) is 26.0 Å². The monoisotopic (exact) mass is 326 g/mol. The maximum atomic E-state index is 12.5. The fraction of sp³-hybridized carbons (Fsp3) is 0.500. The first-order chi connectivity index (χ1) is 8.97. The summed E-state index contributed by atoms with van der Waals surface area (Å²) in [5.41, 5.74) is 6.45. The highest BCUT2D eigenvalue weighted by atomic mass is 79.9. The highest BCUT2D eigenvalue weighted by Gasteiger charge is 2.26. The Bertz CT molecular complexity index is 477. The number of likely N-dealkylation sites (tertiary alicyclic amines) is 1. The zero-order chi connectivity index (χ0) is 14.0. The molecule has 2 N–H and O–H groups in total. The number of halogens is 1. The minimum atomic E-state index is -0.00361. The molecule has 1 aromatic rings. The van der Waals surface area contributed by atoms with E-state index in [1.54, 1.807) is 11.0 Å². The highest BCUT2D eigenvalue weighted by molar-refractivity contribution is 9.10. The molecule has 1 aromatic carbocycles. The molecule has 0 radical (unpaired) electrons. The minimum absolute atomic E-state index is 0.00361. The van der Waals surface area contributed by atoms with Gasteiger partial charge in [0.15, 0.2) is 0 Å². The van der Waals surface area contributed by atoms with Crippen molar-refractivity contribution in [2.24, 2.45) is 5.73 Å². The topological polar surface area (TPSA) is 55.6 Å². The molecule has 1 unspecified atom stereocenters. The number of nitrogens with two attached hydrogens (primary N) is 1. The molecule has 1 amide bonds. The lowest BCUT2D eigenvalue weighted by Crippen LogP contribution is -2.32. The van der Waals surface area contributed by atoms with Gasteiger partial charge in [0.2, 0.25) is 0 Å². The highest BCUT2D eigenvalue weighted by Crippen LogP contribution is 2.27. The third-order valence-electron chi connectivity index (χ3n) is 3.05. The van der Waals surface area contributed by atoms with Crippen LogP contribution in [0.2, 0.25) is 0 Å². The van der Waals surface area contributed by atoms with Crippen molar-refractivity contribution in [2.45, 2.75) is 32.4 Å². The second-order valence-electron chi connectivity index (χ2n) is 5.11. The summed E-state index contributed by atoms with van der Waals surface area (Å²) in [5, 5.41) is 0. The molecule has 1 aliphatic heterocycles. The molecule has 4 nitrogen and oxygen atoms in total. The Hall–Kier alpha value is -1.07. The third-order valence-corrected chi connectivity index (χ3v) is 3.54. The summed E-state index contributed by atoms with van der Waals surface area (Å²) in [6.45, 7) is 5.23. The van der Waals surface area contributed by atoms with Gasteiger partial charge in [-0.2, -0.15) is 0 Å². The SMILES string of the molecule is CC(C)Oc1cc(Br)ccc1C(=O)N1CCC(N)C1. The van der Waals surface area contributed by atoms with Crippen LogP contribution >= 0.6 is 15.9 Å². The van der Waals surface area contributed by atoms with Crippen molar-refractivity contribution in [3.8, 4) is 5.75 Å². The van der Waals surface area contributed by atoms with E-state index >= 15 is 0 Å². The molecule has 0 aliphatic carbocycles. The van der Waals surface area contributed by atoms with Crippen molar-refractivity contribution >= 4 is 21.8 Å². The molecule has 1 fully saturated rings. The van der Waals surface area contributed by atoms with Crippen LogP contribution in [0.15, 0.2) is 22.7 Å². The molecule has 0 aromatic heterocycles. The van der Waals surface area contributed by atoms with Crippen LogP contribution < -0.4 is 10.5 Å². The molecule has 1 heterocycles. The quantitative estimate of drug-likeness (QED) is 0.928. The van der Waals surface area contributed by atoms with Crippen molar-refractivity contribution < 1.29 is 9.53 Å². The maximum absolute atomic E-state index is 12.5. The second kappa shape index (κ2) is 5.92. The largest absolute Gasteiger partial charge is 0.490 e. The van der Waals surface area contributed by atoms with Gasteiger partial charge >= 0.3 is 0 Å². The average molecular weight is 327 g/mol. The Labute approximate surface area is 122 Å². The van der Waals surface area contributed by atoms with Gasteiger partial charge in [0.25, 0.3) is 5.91 Å².